The van der Waals surface area contributed by atoms with Crippen molar-refractivity contribution in [1.29, 1.82) is 0 Å². The maximum absolute atomic E-state index is 10.1. The van der Waals surface area contributed by atoms with E-state index in [1.165, 1.54) is 0 Å². The molecule has 2 rings (SSSR count). The van der Waals surface area contributed by atoms with Gasteiger partial charge in [-0.2, -0.15) is 0 Å². The number of hydrogen-bond acceptors (Lipinski definition) is 4. The largest absolute Gasteiger partial charge is 0.508 e. The highest BCUT2D eigenvalue weighted by Crippen LogP contribution is 2.31. The summed E-state index contributed by atoms with van der Waals surface area (Å²) in [7, 11) is 0. The quantitative estimate of drug-likeness (QED) is 0.836. The summed E-state index contributed by atoms with van der Waals surface area (Å²) in [4.78, 5) is 0. The van der Waals surface area contributed by atoms with Crippen LogP contribution in [0.25, 0.3) is 0 Å². The molecule has 1 aromatic heterocycles. The molecule has 0 bridgehead atoms. The lowest BCUT2D eigenvalue weighted by atomic mass is 9.97. The Kier molecular flexibility index (Phi) is 5.02. The van der Waals surface area contributed by atoms with Crippen LogP contribution in [0.2, 0.25) is 0 Å². The van der Waals surface area contributed by atoms with Gasteiger partial charge in [0.2, 0.25) is 0 Å². The maximum Gasteiger partial charge on any atom is 0.138 e. The highest BCUT2D eigenvalue weighted by Gasteiger charge is 2.23. The summed E-state index contributed by atoms with van der Waals surface area (Å²) >= 11 is 0. The molecule has 1 aromatic carbocycles. The number of nitrogens with one attached hydrogen (secondary N) is 1. The zero-order chi connectivity index (χ0) is 15.4. The Balaban J connectivity index is 2.26. The first kappa shape index (κ1) is 15.6. The number of rotatable bonds is 6. The Morgan fingerprint density at radius 3 is 2.33 bits per heavy atom. The molecule has 0 unspecified atom stereocenters. The number of phenolic OH excluding ortho intramolecular Hbond substituents is 1. The van der Waals surface area contributed by atoms with Crippen molar-refractivity contribution >= 4 is 0 Å². The van der Waals surface area contributed by atoms with E-state index in [2.05, 4.69) is 24.3 Å². The van der Waals surface area contributed by atoms with Crippen molar-refractivity contribution in [3.8, 4) is 5.75 Å². The molecule has 21 heavy (non-hydrogen) atoms. The molecule has 0 saturated heterocycles. The second-order valence-corrected chi connectivity index (χ2v) is 5.38. The van der Waals surface area contributed by atoms with E-state index in [4.69, 9.17) is 4.52 Å². The van der Waals surface area contributed by atoms with E-state index >= 15 is 0 Å². The molecule has 114 valence electrons. The first-order valence-corrected chi connectivity index (χ1v) is 7.55. The van der Waals surface area contributed by atoms with Crippen molar-refractivity contribution in [2.45, 2.75) is 52.6 Å². The van der Waals surface area contributed by atoms with Crippen molar-refractivity contribution in [3.05, 3.63) is 46.8 Å². The van der Waals surface area contributed by atoms with Crippen molar-refractivity contribution in [2.75, 3.05) is 0 Å². The highest BCUT2D eigenvalue weighted by atomic mass is 16.5. The third-order valence-electron chi connectivity index (χ3n) is 3.97. The molecule has 2 N–H and O–H groups in total. The van der Waals surface area contributed by atoms with Crippen LogP contribution in [0, 0.1) is 13.8 Å². The third-order valence-corrected chi connectivity index (χ3v) is 3.97. The molecule has 0 aliphatic carbocycles. The van der Waals surface area contributed by atoms with Crippen LogP contribution in [0.3, 0.4) is 0 Å². The number of aromatic hydroxyl groups is 1. The molecule has 2 atom stereocenters. The summed E-state index contributed by atoms with van der Waals surface area (Å²) in [5, 5.41) is 17.7. The fourth-order valence-corrected chi connectivity index (χ4v) is 2.85. The monoisotopic (exact) mass is 288 g/mol. The molecular weight excluding hydrogens is 264 g/mol. The molecule has 0 radical (unpaired) electrons. The number of benzene rings is 1. The van der Waals surface area contributed by atoms with Gasteiger partial charge in [-0.05, 0) is 32.8 Å². The molecule has 0 spiro atoms. The van der Waals surface area contributed by atoms with Gasteiger partial charge in [-0.3, -0.25) is 0 Å². The summed E-state index contributed by atoms with van der Waals surface area (Å²) in [5.41, 5.74) is 3.00. The van der Waals surface area contributed by atoms with Crippen LogP contribution in [0.5, 0.6) is 5.75 Å². The molecule has 0 aliphatic heterocycles. The summed E-state index contributed by atoms with van der Waals surface area (Å²) in [5.74, 6) is 1.20. The molecular formula is C17H24N2O2. The Morgan fingerprint density at radius 2 is 1.81 bits per heavy atom. The topological polar surface area (TPSA) is 58.3 Å². The van der Waals surface area contributed by atoms with E-state index in [0.29, 0.717) is 5.75 Å². The lowest BCUT2D eigenvalue weighted by molar-refractivity contribution is 0.381. The zero-order valence-electron chi connectivity index (χ0n) is 13.2. The molecule has 0 amide bonds. The lowest BCUT2D eigenvalue weighted by Gasteiger charge is -2.25. The number of aromatic nitrogens is 1. The predicted octanol–water partition coefficient (Wildman–Crippen LogP) is 4.19. The minimum Gasteiger partial charge on any atom is -0.508 e. The third kappa shape index (κ3) is 3.27. The molecule has 2 aromatic rings. The SMILES string of the molecule is CC[C@H](N[C@@H](CC)c1c(C)noc1C)c1ccccc1O. The average Bonchev–Trinajstić information content (AvgIpc) is 2.81. The van der Waals surface area contributed by atoms with E-state index in [-0.39, 0.29) is 12.1 Å². The first-order chi connectivity index (χ1) is 10.1. The molecule has 4 nitrogen and oxygen atoms in total. The second-order valence-electron chi connectivity index (χ2n) is 5.38. The Hall–Kier alpha value is -1.81. The van der Waals surface area contributed by atoms with Crippen LogP contribution in [-0.2, 0) is 0 Å². The van der Waals surface area contributed by atoms with E-state index in [9.17, 15) is 5.11 Å². The van der Waals surface area contributed by atoms with Crippen LogP contribution < -0.4 is 5.32 Å². The van der Waals surface area contributed by atoms with Crippen molar-refractivity contribution in [3.63, 3.8) is 0 Å². The average molecular weight is 288 g/mol. The van der Waals surface area contributed by atoms with Crippen molar-refractivity contribution in [2.24, 2.45) is 0 Å². The molecule has 4 heteroatoms. The second kappa shape index (κ2) is 6.76. The van der Waals surface area contributed by atoms with Gasteiger partial charge in [0, 0.05) is 23.2 Å². The summed E-state index contributed by atoms with van der Waals surface area (Å²) < 4.78 is 5.28. The van der Waals surface area contributed by atoms with Crippen LogP contribution in [0.4, 0.5) is 0 Å². The Morgan fingerprint density at radius 1 is 1.14 bits per heavy atom. The van der Waals surface area contributed by atoms with E-state index in [1.807, 2.05) is 32.0 Å². The zero-order valence-corrected chi connectivity index (χ0v) is 13.2. The van der Waals surface area contributed by atoms with Crippen LogP contribution in [0.15, 0.2) is 28.8 Å². The van der Waals surface area contributed by atoms with Gasteiger partial charge in [0.05, 0.1) is 5.69 Å². The highest BCUT2D eigenvalue weighted by molar-refractivity contribution is 5.35. The van der Waals surface area contributed by atoms with Gasteiger partial charge in [0.25, 0.3) is 0 Å². The van der Waals surface area contributed by atoms with Crippen molar-refractivity contribution in [1.82, 2.24) is 10.5 Å². The van der Waals surface area contributed by atoms with Crippen LogP contribution in [0.1, 0.15) is 61.4 Å². The predicted molar refractivity (Wildman–Crippen MR) is 83.3 cm³/mol. The number of aryl methyl sites for hydroxylation is 2. The summed E-state index contributed by atoms with van der Waals surface area (Å²) in [6.07, 6.45) is 1.84. The van der Waals surface area contributed by atoms with Gasteiger partial charge in [0.15, 0.2) is 0 Å². The minimum atomic E-state index is 0.102. The fraction of sp³-hybridized carbons (Fsp3) is 0.471. The Bertz CT molecular complexity index is 573. The summed E-state index contributed by atoms with van der Waals surface area (Å²) in [6.45, 7) is 8.17. The van der Waals surface area contributed by atoms with Gasteiger partial charge in [-0.15, -0.1) is 0 Å². The maximum atomic E-state index is 10.1. The summed E-state index contributed by atoms with van der Waals surface area (Å²) in [6, 6.07) is 7.77. The molecule has 1 heterocycles. The van der Waals surface area contributed by atoms with Gasteiger partial charge >= 0.3 is 0 Å². The van der Waals surface area contributed by atoms with Gasteiger partial charge in [0.1, 0.15) is 11.5 Å². The number of hydrogen-bond donors (Lipinski definition) is 2. The van der Waals surface area contributed by atoms with Gasteiger partial charge in [-0.25, -0.2) is 0 Å². The first-order valence-electron chi connectivity index (χ1n) is 7.55. The van der Waals surface area contributed by atoms with E-state index < -0.39 is 0 Å². The van der Waals surface area contributed by atoms with E-state index in [0.717, 1.165) is 35.4 Å². The smallest absolute Gasteiger partial charge is 0.138 e. The van der Waals surface area contributed by atoms with Gasteiger partial charge < -0.3 is 14.9 Å². The lowest BCUT2D eigenvalue weighted by Crippen LogP contribution is -2.26. The number of para-hydroxylation sites is 1. The van der Waals surface area contributed by atoms with Gasteiger partial charge in [-0.1, -0.05) is 37.2 Å². The Labute approximate surface area is 126 Å². The standard InChI is InChI=1S/C17H24N2O2/c1-5-14(13-9-7-8-10-16(13)20)18-15(6-2)17-11(3)19-21-12(17)4/h7-10,14-15,18,20H,5-6H2,1-4H3/t14-,15-/m0/s1. The normalized spacial score (nSPS) is 14.1. The number of nitrogens with zero attached hydrogens (tertiary/aromatic N) is 1. The van der Waals surface area contributed by atoms with Crippen LogP contribution >= 0.6 is 0 Å². The molecule has 0 fully saturated rings. The minimum absolute atomic E-state index is 0.102. The van der Waals surface area contributed by atoms with Crippen LogP contribution in [-0.4, -0.2) is 10.3 Å². The molecule has 0 aliphatic rings. The van der Waals surface area contributed by atoms with E-state index in [1.54, 1.807) is 6.07 Å². The number of phenols is 1. The van der Waals surface area contributed by atoms with Crippen molar-refractivity contribution < 1.29 is 9.63 Å². The molecule has 0 saturated carbocycles. The fourth-order valence-electron chi connectivity index (χ4n) is 2.85.